The van der Waals surface area contributed by atoms with Crippen LogP contribution >= 0.6 is 11.6 Å². The molecular weight excluding hydrogens is 302 g/mol. The average molecular weight is 316 g/mol. The summed E-state index contributed by atoms with van der Waals surface area (Å²) in [4.78, 5) is 25.0. The second-order valence-corrected chi connectivity index (χ2v) is 5.94. The zero-order valence-electron chi connectivity index (χ0n) is 11.8. The van der Waals surface area contributed by atoms with Crippen molar-refractivity contribution < 1.29 is 0 Å². The fourth-order valence-corrected chi connectivity index (χ4v) is 3.40. The van der Waals surface area contributed by atoms with E-state index in [9.17, 15) is 9.59 Å². The minimum absolute atomic E-state index is 0.0604. The molecule has 0 amide bonds. The van der Waals surface area contributed by atoms with Crippen LogP contribution in [0, 0.1) is 0 Å². The van der Waals surface area contributed by atoms with Gasteiger partial charge in [-0.2, -0.15) is 0 Å². The van der Waals surface area contributed by atoms with Crippen LogP contribution in [-0.4, -0.2) is 14.3 Å². The van der Waals surface area contributed by atoms with Crippen molar-refractivity contribution in [2.45, 2.75) is 25.8 Å². The summed E-state index contributed by atoms with van der Waals surface area (Å²) < 4.78 is 3.14. The number of nitrogens with one attached hydrogen (secondary N) is 1. The van der Waals surface area contributed by atoms with E-state index in [0.29, 0.717) is 28.2 Å². The van der Waals surface area contributed by atoms with Crippen LogP contribution < -0.4 is 11.1 Å². The molecule has 0 spiro atoms. The Balaban J connectivity index is 2.09. The highest BCUT2D eigenvalue weighted by atomic mass is 35.5. The van der Waals surface area contributed by atoms with Crippen molar-refractivity contribution in [3.8, 4) is 5.69 Å². The summed E-state index contributed by atoms with van der Waals surface area (Å²) in [6.07, 6.45) is 2.72. The average Bonchev–Trinajstić information content (AvgIpc) is 2.85. The van der Waals surface area contributed by atoms with Crippen molar-refractivity contribution >= 4 is 22.5 Å². The number of para-hydroxylation sites is 1. The third-order valence-electron chi connectivity index (χ3n) is 4.21. The number of aromatic amines is 1. The Labute approximate surface area is 130 Å². The molecule has 0 aliphatic carbocycles. The first-order valence-electron chi connectivity index (χ1n) is 7.29. The molecule has 4 rings (SSSR count). The summed E-state index contributed by atoms with van der Waals surface area (Å²) in [7, 11) is 0. The summed E-state index contributed by atoms with van der Waals surface area (Å²) in [6.45, 7) is 0.681. The molecule has 0 unspecified atom stereocenters. The lowest BCUT2D eigenvalue weighted by Gasteiger charge is -2.17. The Hall–Kier alpha value is -2.27. The molecule has 0 radical (unpaired) electrons. The lowest BCUT2D eigenvalue weighted by Crippen LogP contribution is -2.27. The van der Waals surface area contributed by atoms with Gasteiger partial charge in [0.05, 0.1) is 21.6 Å². The molecule has 3 heterocycles. The van der Waals surface area contributed by atoms with Gasteiger partial charge in [-0.3, -0.25) is 14.7 Å². The molecule has 1 aliphatic rings. The summed E-state index contributed by atoms with van der Waals surface area (Å²) in [5.74, 6) is 0. The monoisotopic (exact) mass is 315 g/mol. The Kier molecular flexibility index (Phi) is 2.97. The number of pyridine rings is 1. The van der Waals surface area contributed by atoms with Crippen LogP contribution in [0.1, 0.15) is 18.5 Å². The fourth-order valence-electron chi connectivity index (χ4n) is 3.18. The Morgan fingerprint density at radius 1 is 1.14 bits per heavy atom. The molecule has 5 nitrogen and oxygen atoms in total. The number of halogens is 1. The van der Waals surface area contributed by atoms with E-state index < -0.39 is 0 Å². The smallest absolute Gasteiger partial charge is 0.280 e. The molecule has 2 aromatic heterocycles. The lowest BCUT2D eigenvalue weighted by atomic mass is 10.1. The first kappa shape index (κ1) is 13.4. The van der Waals surface area contributed by atoms with Gasteiger partial charge in [-0.25, -0.2) is 4.68 Å². The van der Waals surface area contributed by atoms with Gasteiger partial charge in [0.1, 0.15) is 0 Å². The standard InChI is InChI=1S/C16H14ClN3O2/c17-10-5-1-2-6-12(10)20-16(22)15-11(18-20)9-14(21)19-8-4-3-7-13(15)19/h1-2,5-6,9,18H,3-4,7-8H2. The molecule has 1 aromatic carbocycles. The minimum Gasteiger partial charge on any atom is -0.312 e. The van der Waals surface area contributed by atoms with E-state index in [1.165, 1.54) is 10.7 Å². The van der Waals surface area contributed by atoms with E-state index in [-0.39, 0.29) is 11.1 Å². The third kappa shape index (κ3) is 1.85. The van der Waals surface area contributed by atoms with Crippen molar-refractivity contribution in [3.05, 3.63) is 61.8 Å². The predicted octanol–water partition coefficient (Wildman–Crippen LogP) is 2.47. The number of fused-ring (bicyclic) bond motifs is 3. The quantitative estimate of drug-likeness (QED) is 0.750. The van der Waals surface area contributed by atoms with Crippen molar-refractivity contribution in [2.24, 2.45) is 0 Å². The van der Waals surface area contributed by atoms with Gasteiger partial charge in [-0.15, -0.1) is 0 Å². The Morgan fingerprint density at radius 2 is 1.95 bits per heavy atom. The first-order valence-corrected chi connectivity index (χ1v) is 7.67. The number of benzene rings is 1. The van der Waals surface area contributed by atoms with Crippen LogP contribution in [0.2, 0.25) is 5.02 Å². The zero-order chi connectivity index (χ0) is 15.3. The van der Waals surface area contributed by atoms with Crippen molar-refractivity contribution in [1.29, 1.82) is 0 Å². The van der Waals surface area contributed by atoms with Crippen molar-refractivity contribution in [2.75, 3.05) is 0 Å². The van der Waals surface area contributed by atoms with E-state index in [2.05, 4.69) is 5.10 Å². The molecule has 0 saturated heterocycles. The number of aryl methyl sites for hydroxylation is 1. The van der Waals surface area contributed by atoms with E-state index in [4.69, 9.17) is 11.6 Å². The molecular formula is C16H14ClN3O2. The maximum Gasteiger partial charge on any atom is 0.280 e. The first-order chi connectivity index (χ1) is 10.7. The van der Waals surface area contributed by atoms with Gasteiger partial charge in [-0.05, 0) is 31.4 Å². The summed E-state index contributed by atoms with van der Waals surface area (Å²) in [5.41, 5.74) is 1.78. The van der Waals surface area contributed by atoms with Gasteiger partial charge in [0.2, 0.25) is 0 Å². The minimum atomic E-state index is -0.159. The van der Waals surface area contributed by atoms with E-state index in [0.717, 1.165) is 25.0 Å². The fraction of sp³-hybridized carbons (Fsp3) is 0.250. The number of hydrogen-bond donors (Lipinski definition) is 1. The number of rotatable bonds is 1. The van der Waals surface area contributed by atoms with E-state index in [1.54, 1.807) is 16.7 Å². The molecule has 3 aromatic rings. The Morgan fingerprint density at radius 3 is 2.77 bits per heavy atom. The lowest BCUT2D eigenvalue weighted by molar-refractivity contribution is 0.518. The topological polar surface area (TPSA) is 59.8 Å². The van der Waals surface area contributed by atoms with Crippen LogP contribution in [0.5, 0.6) is 0 Å². The summed E-state index contributed by atoms with van der Waals surface area (Å²) in [6, 6.07) is 8.64. The SMILES string of the molecule is O=c1c2c3n(c(=O)cc2[nH]n1-c1ccccc1Cl)CCCC3. The van der Waals surface area contributed by atoms with Gasteiger partial charge < -0.3 is 4.57 Å². The van der Waals surface area contributed by atoms with Crippen LogP contribution in [0.15, 0.2) is 39.9 Å². The number of hydrogen-bond acceptors (Lipinski definition) is 2. The largest absolute Gasteiger partial charge is 0.312 e. The molecule has 112 valence electrons. The van der Waals surface area contributed by atoms with Crippen LogP contribution in [0.25, 0.3) is 16.6 Å². The Bertz CT molecular complexity index is 997. The van der Waals surface area contributed by atoms with E-state index in [1.807, 2.05) is 12.1 Å². The highest BCUT2D eigenvalue weighted by Gasteiger charge is 2.20. The molecule has 22 heavy (non-hydrogen) atoms. The third-order valence-corrected chi connectivity index (χ3v) is 4.53. The normalized spacial score (nSPS) is 14.2. The maximum absolute atomic E-state index is 12.8. The molecule has 0 saturated carbocycles. The van der Waals surface area contributed by atoms with Crippen molar-refractivity contribution in [3.63, 3.8) is 0 Å². The van der Waals surface area contributed by atoms with Crippen LogP contribution in [0.4, 0.5) is 0 Å². The number of aromatic nitrogens is 3. The maximum atomic E-state index is 12.8. The zero-order valence-corrected chi connectivity index (χ0v) is 12.6. The van der Waals surface area contributed by atoms with Gasteiger partial charge in [0.25, 0.3) is 11.1 Å². The highest BCUT2D eigenvalue weighted by Crippen LogP contribution is 2.22. The molecule has 0 atom stereocenters. The highest BCUT2D eigenvalue weighted by molar-refractivity contribution is 6.32. The van der Waals surface area contributed by atoms with Crippen LogP contribution in [-0.2, 0) is 13.0 Å². The van der Waals surface area contributed by atoms with Gasteiger partial charge >= 0.3 is 0 Å². The molecule has 0 bridgehead atoms. The van der Waals surface area contributed by atoms with Crippen molar-refractivity contribution in [1.82, 2.24) is 14.3 Å². The van der Waals surface area contributed by atoms with Gasteiger partial charge in [0.15, 0.2) is 0 Å². The predicted molar refractivity (Wildman–Crippen MR) is 86.1 cm³/mol. The second-order valence-electron chi connectivity index (χ2n) is 5.53. The molecule has 0 fully saturated rings. The number of nitrogens with zero attached hydrogens (tertiary/aromatic N) is 2. The van der Waals surface area contributed by atoms with Gasteiger partial charge in [0, 0.05) is 18.3 Å². The summed E-state index contributed by atoms with van der Waals surface area (Å²) in [5, 5.41) is 4.10. The van der Waals surface area contributed by atoms with Crippen LogP contribution in [0.3, 0.4) is 0 Å². The molecule has 1 N–H and O–H groups in total. The van der Waals surface area contributed by atoms with E-state index >= 15 is 0 Å². The second kappa shape index (κ2) is 4.88. The van der Waals surface area contributed by atoms with Gasteiger partial charge in [-0.1, -0.05) is 23.7 Å². The summed E-state index contributed by atoms with van der Waals surface area (Å²) >= 11 is 6.19. The molecule has 6 heteroatoms. The molecule has 1 aliphatic heterocycles. The number of H-pyrrole nitrogens is 1.